The van der Waals surface area contributed by atoms with Crippen LogP contribution in [-0.2, 0) is 0 Å². The van der Waals surface area contributed by atoms with Gasteiger partial charge in [-0.2, -0.15) is 5.10 Å². The zero-order chi connectivity index (χ0) is 11.1. The molecule has 0 radical (unpaired) electrons. The van der Waals surface area contributed by atoms with Crippen LogP contribution in [0.3, 0.4) is 0 Å². The van der Waals surface area contributed by atoms with Gasteiger partial charge in [0.05, 0.1) is 5.69 Å². The van der Waals surface area contributed by atoms with E-state index in [1.54, 1.807) is 0 Å². The fourth-order valence-electron chi connectivity index (χ4n) is 1.38. The molecule has 1 aromatic rings. The molecule has 0 saturated carbocycles. The molecule has 0 spiro atoms. The lowest BCUT2D eigenvalue weighted by Crippen LogP contribution is -2.29. The van der Waals surface area contributed by atoms with Gasteiger partial charge < -0.3 is 11.1 Å². The summed E-state index contributed by atoms with van der Waals surface area (Å²) in [6, 6.07) is 4.20. The first-order valence-corrected chi connectivity index (χ1v) is 5.53. The predicted octanol–water partition coefficient (Wildman–Crippen LogP) is 1.71. The Morgan fingerprint density at radius 2 is 2.20 bits per heavy atom. The van der Waals surface area contributed by atoms with Gasteiger partial charge in [0.15, 0.2) is 0 Å². The summed E-state index contributed by atoms with van der Waals surface area (Å²) in [6.45, 7) is 4.74. The van der Waals surface area contributed by atoms with Gasteiger partial charge in [0, 0.05) is 12.6 Å². The van der Waals surface area contributed by atoms with Gasteiger partial charge in [-0.3, -0.25) is 0 Å². The fourth-order valence-corrected chi connectivity index (χ4v) is 1.38. The van der Waals surface area contributed by atoms with Crippen molar-refractivity contribution >= 4 is 5.82 Å². The van der Waals surface area contributed by atoms with Crippen molar-refractivity contribution in [1.29, 1.82) is 0 Å². The topological polar surface area (TPSA) is 63.8 Å². The third kappa shape index (κ3) is 4.25. The summed E-state index contributed by atoms with van der Waals surface area (Å²) in [6.07, 6.45) is 3.47. The Morgan fingerprint density at radius 1 is 1.40 bits per heavy atom. The zero-order valence-corrected chi connectivity index (χ0v) is 9.53. The highest BCUT2D eigenvalue weighted by molar-refractivity contribution is 5.34. The lowest BCUT2D eigenvalue weighted by atomic mass is 10.1. The molecule has 84 valence electrons. The largest absolute Gasteiger partial charge is 0.365 e. The second-order valence-electron chi connectivity index (χ2n) is 3.78. The summed E-state index contributed by atoms with van der Waals surface area (Å²) in [7, 11) is 0. The van der Waals surface area contributed by atoms with Gasteiger partial charge in [-0.15, -0.1) is 5.10 Å². The number of aromatic nitrogens is 2. The van der Waals surface area contributed by atoms with Gasteiger partial charge in [-0.05, 0) is 25.5 Å². The second kappa shape index (κ2) is 6.35. The Kier molecular flexibility index (Phi) is 5.04. The normalized spacial score (nSPS) is 12.5. The molecule has 0 bridgehead atoms. The molecule has 1 atom stereocenters. The molecular formula is C11H20N4. The average Bonchev–Trinajstić information content (AvgIpc) is 2.27. The number of nitrogens with zero attached hydrogens (tertiary/aromatic N) is 2. The van der Waals surface area contributed by atoms with Crippen molar-refractivity contribution in [1.82, 2.24) is 10.2 Å². The minimum absolute atomic E-state index is 0.307. The van der Waals surface area contributed by atoms with E-state index in [-0.39, 0.29) is 0 Å². The maximum absolute atomic E-state index is 5.68. The van der Waals surface area contributed by atoms with Crippen molar-refractivity contribution in [3.63, 3.8) is 0 Å². The van der Waals surface area contributed by atoms with Crippen LogP contribution in [0.4, 0.5) is 5.82 Å². The number of nitrogens with one attached hydrogen (secondary N) is 1. The Bertz CT molecular complexity index is 270. The highest BCUT2D eigenvalue weighted by Crippen LogP contribution is 2.07. The van der Waals surface area contributed by atoms with Gasteiger partial charge in [-0.1, -0.05) is 19.8 Å². The van der Waals surface area contributed by atoms with Crippen LogP contribution in [0.25, 0.3) is 0 Å². The maximum Gasteiger partial charge on any atom is 0.148 e. The number of rotatable bonds is 6. The maximum atomic E-state index is 5.68. The first kappa shape index (κ1) is 11.9. The van der Waals surface area contributed by atoms with Crippen LogP contribution >= 0.6 is 0 Å². The molecule has 1 rings (SSSR count). The van der Waals surface area contributed by atoms with Crippen molar-refractivity contribution in [2.75, 3.05) is 11.9 Å². The fraction of sp³-hybridized carbons (Fsp3) is 0.636. The molecule has 0 fully saturated rings. The Morgan fingerprint density at radius 3 is 2.73 bits per heavy atom. The summed E-state index contributed by atoms with van der Waals surface area (Å²) in [5.41, 5.74) is 6.61. The van der Waals surface area contributed by atoms with Gasteiger partial charge >= 0.3 is 0 Å². The average molecular weight is 208 g/mol. The molecule has 0 aliphatic rings. The number of nitrogens with two attached hydrogens (primary N) is 1. The Balaban J connectivity index is 2.47. The van der Waals surface area contributed by atoms with Crippen LogP contribution in [0.1, 0.15) is 31.9 Å². The summed E-state index contributed by atoms with van der Waals surface area (Å²) >= 11 is 0. The van der Waals surface area contributed by atoms with E-state index in [1.165, 1.54) is 12.8 Å². The van der Waals surface area contributed by atoms with Crippen LogP contribution in [0, 0.1) is 6.92 Å². The first-order chi connectivity index (χ1) is 7.26. The van der Waals surface area contributed by atoms with E-state index in [9.17, 15) is 0 Å². The van der Waals surface area contributed by atoms with Gasteiger partial charge in [-0.25, -0.2) is 0 Å². The van der Waals surface area contributed by atoms with Crippen LogP contribution in [0.2, 0.25) is 0 Å². The third-order valence-electron chi connectivity index (χ3n) is 2.34. The molecule has 0 aromatic carbocycles. The highest BCUT2D eigenvalue weighted by Gasteiger charge is 2.06. The molecule has 0 aliphatic heterocycles. The number of hydrogen-bond acceptors (Lipinski definition) is 4. The minimum Gasteiger partial charge on any atom is -0.365 e. The third-order valence-corrected chi connectivity index (χ3v) is 2.34. The van der Waals surface area contributed by atoms with Crippen molar-refractivity contribution in [3.05, 3.63) is 17.8 Å². The minimum atomic E-state index is 0.307. The molecule has 0 saturated heterocycles. The van der Waals surface area contributed by atoms with E-state index in [1.807, 2.05) is 19.1 Å². The molecule has 1 unspecified atom stereocenters. The number of hydrogen-bond donors (Lipinski definition) is 2. The quantitative estimate of drug-likeness (QED) is 0.747. The number of unbranched alkanes of at least 4 members (excludes halogenated alkanes) is 1. The van der Waals surface area contributed by atoms with E-state index < -0.39 is 0 Å². The van der Waals surface area contributed by atoms with Gasteiger partial charge in [0.25, 0.3) is 0 Å². The standard InChI is InChI=1S/C11H20N4/c1-3-4-5-10(8-12)13-11-7-6-9(2)14-15-11/h6-7,10H,3-5,8,12H2,1-2H3,(H,13,15). The van der Waals surface area contributed by atoms with Crippen molar-refractivity contribution in [2.24, 2.45) is 5.73 Å². The molecule has 1 heterocycles. The second-order valence-corrected chi connectivity index (χ2v) is 3.78. The number of aryl methyl sites for hydroxylation is 1. The van der Waals surface area contributed by atoms with Crippen molar-refractivity contribution < 1.29 is 0 Å². The van der Waals surface area contributed by atoms with Gasteiger partial charge in [0.2, 0.25) is 0 Å². The smallest absolute Gasteiger partial charge is 0.148 e. The summed E-state index contributed by atoms with van der Waals surface area (Å²) in [4.78, 5) is 0. The van der Waals surface area contributed by atoms with Crippen LogP contribution < -0.4 is 11.1 Å². The molecule has 1 aromatic heterocycles. The monoisotopic (exact) mass is 208 g/mol. The molecule has 15 heavy (non-hydrogen) atoms. The van der Waals surface area contributed by atoms with E-state index in [0.29, 0.717) is 12.6 Å². The van der Waals surface area contributed by atoms with Gasteiger partial charge in [0.1, 0.15) is 5.82 Å². The first-order valence-electron chi connectivity index (χ1n) is 5.53. The summed E-state index contributed by atoms with van der Waals surface area (Å²) in [5, 5.41) is 11.3. The molecule has 4 heteroatoms. The molecular weight excluding hydrogens is 188 g/mol. The zero-order valence-electron chi connectivity index (χ0n) is 9.53. The Hall–Kier alpha value is -1.16. The summed E-state index contributed by atoms with van der Waals surface area (Å²) in [5.74, 6) is 0.812. The van der Waals surface area contributed by atoms with Crippen LogP contribution in [0.15, 0.2) is 12.1 Å². The molecule has 0 aliphatic carbocycles. The van der Waals surface area contributed by atoms with Crippen LogP contribution in [-0.4, -0.2) is 22.8 Å². The SMILES string of the molecule is CCCCC(CN)Nc1ccc(C)nn1. The van der Waals surface area contributed by atoms with Crippen molar-refractivity contribution in [2.45, 2.75) is 39.2 Å². The highest BCUT2D eigenvalue weighted by atomic mass is 15.2. The number of anilines is 1. The van der Waals surface area contributed by atoms with E-state index in [4.69, 9.17) is 5.73 Å². The van der Waals surface area contributed by atoms with E-state index in [2.05, 4.69) is 22.4 Å². The van der Waals surface area contributed by atoms with Crippen molar-refractivity contribution in [3.8, 4) is 0 Å². The lowest BCUT2D eigenvalue weighted by Gasteiger charge is -2.16. The molecule has 0 amide bonds. The molecule has 3 N–H and O–H groups in total. The predicted molar refractivity (Wildman–Crippen MR) is 62.8 cm³/mol. The Labute approximate surface area is 91.3 Å². The molecule has 4 nitrogen and oxygen atoms in total. The van der Waals surface area contributed by atoms with E-state index >= 15 is 0 Å². The van der Waals surface area contributed by atoms with Crippen LogP contribution in [0.5, 0.6) is 0 Å². The van der Waals surface area contributed by atoms with E-state index in [0.717, 1.165) is 17.9 Å². The summed E-state index contributed by atoms with van der Waals surface area (Å²) < 4.78 is 0. The lowest BCUT2D eigenvalue weighted by molar-refractivity contribution is 0.611.